The van der Waals surface area contributed by atoms with Gasteiger partial charge >= 0.3 is 0 Å². The highest BCUT2D eigenvalue weighted by molar-refractivity contribution is 5.79. The first-order valence-electron chi connectivity index (χ1n) is 8.52. The molecular formula is C18H25FN2O2. The van der Waals surface area contributed by atoms with Crippen LogP contribution in [0, 0.1) is 11.7 Å². The summed E-state index contributed by atoms with van der Waals surface area (Å²) in [4.78, 5) is 12.4. The molecule has 0 spiro atoms. The van der Waals surface area contributed by atoms with Crippen LogP contribution < -0.4 is 10.6 Å². The fourth-order valence-electron chi connectivity index (χ4n) is 3.61. The van der Waals surface area contributed by atoms with Crippen LogP contribution in [0.15, 0.2) is 24.3 Å². The molecule has 0 aliphatic carbocycles. The zero-order valence-electron chi connectivity index (χ0n) is 13.4. The molecule has 2 fully saturated rings. The molecule has 2 aliphatic rings. The maximum Gasteiger partial charge on any atom is 0.224 e. The van der Waals surface area contributed by atoms with Crippen molar-refractivity contribution in [1.29, 1.82) is 0 Å². The molecule has 2 saturated heterocycles. The number of hydrogen-bond donors (Lipinski definition) is 2. The van der Waals surface area contributed by atoms with Gasteiger partial charge in [-0.1, -0.05) is 12.1 Å². The Bertz CT molecular complexity index is 520. The fraction of sp³-hybridized carbons (Fsp3) is 0.611. The normalized spacial score (nSPS) is 24.1. The minimum Gasteiger partial charge on any atom is -0.381 e. The van der Waals surface area contributed by atoms with E-state index in [0.717, 1.165) is 44.3 Å². The van der Waals surface area contributed by atoms with Crippen molar-refractivity contribution in [3.63, 3.8) is 0 Å². The Kier molecular flexibility index (Phi) is 5.28. The van der Waals surface area contributed by atoms with E-state index in [2.05, 4.69) is 10.6 Å². The third-order valence-electron chi connectivity index (χ3n) is 5.18. The van der Waals surface area contributed by atoms with Gasteiger partial charge in [-0.3, -0.25) is 4.79 Å². The summed E-state index contributed by atoms with van der Waals surface area (Å²) in [6.45, 7) is 3.72. The number of carbonyl (C=O) groups excluding carboxylic acids is 1. The van der Waals surface area contributed by atoms with Crippen molar-refractivity contribution < 1.29 is 13.9 Å². The molecule has 1 unspecified atom stereocenters. The number of rotatable bonds is 4. The molecular weight excluding hydrogens is 295 g/mol. The van der Waals surface area contributed by atoms with E-state index >= 15 is 0 Å². The molecule has 23 heavy (non-hydrogen) atoms. The van der Waals surface area contributed by atoms with E-state index < -0.39 is 0 Å². The van der Waals surface area contributed by atoms with Crippen LogP contribution in [0.3, 0.4) is 0 Å². The van der Waals surface area contributed by atoms with Gasteiger partial charge in [-0.2, -0.15) is 0 Å². The predicted octanol–water partition coefficient (Wildman–Crippen LogP) is 1.99. The maximum atomic E-state index is 13.2. The molecule has 1 atom stereocenters. The highest BCUT2D eigenvalue weighted by Gasteiger charge is 2.35. The van der Waals surface area contributed by atoms with Crippen LogP contribution >= 0.6 is 0 Å². The van der Waals surface area contributed by atoms with Gasteiger partial charge in [0.2, 0.25) is 5.91 Å². The molecule has 126 valence electrons. The van der Waals surface area contributed by atoms with Gasteiger partial charge in [0.25, 0.3) is 0 Å². The summed E-state index contributed by atoms with van der Waals surface area (Å²) in [5.41, 5.74) is 0.938. The highest BCUT2D eigenvalue weighted by Crippen LogP contribution is 2.34. The lowest BCUT2D eigenvalue weighted by molar-refractivity contribution is -0.126. The van der Waals surface area contributed by atoms with E-state index in [-0.39, 0.29) is 23.1 Å². The number of hydrogen-bond acceptors (Lipinski definition) is 3. The summed E-state index contributed by atoms with van der Waals surface area (Å²) in [7, 11) is 0. The Morgan fingerprint density at radius 1 is 1.30 bits per heavy atom. The van der Waals surface area contributed by atoms with Crippen LogP contribution in [0.1, 0.15) is 31.2 Å². The average molecular weight is 320 g/mol. The van der Waals surface area contributed by atoms with Gasteiger partial charge < -0.3 is 15.4 Å². The van der Waals surface area contributed by atoms with Crippen molar-refractivity contribution >= 4 is 5.91 Å². The van der Waals surface area contributed by atoms with E-state index in [0.29, 0.717) is 19.8 Å². The van der Waals surface area contributed by atoms with Gasteiger partial charge in [0, 0.05) is 31.7 Å². The largest absolute Gasteiger partial charge is 0.381 e. The quantitative estimate of drug-likeness (QED) is 0.892. The monoisotopic (exact) mass is 320 g/mol. The Balaban J connectivity index is 1.69. The maximum absolute atomic E-state index is 13.2. The molecule has 1 amide bonds. The zero-order valence-corrected chi connectivity index (χ0v) is 13.4. The number of nitrogens with one attached hydrogen (secondary N) is 2. The zero-order chi connectivity index (χ0) is 16.1. The lowest BCUT2D eigenvalue weighted by atomic mass is 9.74. The van der Waals surface area contributed by atoms with Gasteiger partial charge in [0.15, 0.2) is 0 Å². The Hall–Kier alpha value is -1.46. The minimum atomic E-state index is -0.228. The molecule has 4 nitrogen and oxygen atoms in total. The highest BCUT2D eigenvalue weighted by atomic mass is 19.1. The van der Waals surface area contributed by atoms with E-state index in [1.165, 1.54) is 12.1 Å². The molecule has 1 aromatic rings. The Labute approximate surface area is 136 Å². The SMILES string of the molecule is O=C(NCC1(c2ccc(F)cc2)CCOCC1)C1CCCNC1. The second-order valence-corrected chi connectivity index (χ2v) is 6.66. The van der Waals surface area contributed by atoms with Crippen LogP contribution in [-0.4, -0.2) is 38.8 Å². The van der Waals surface area contributed by atoms with Crippen LogP contribution in [0.5, 0.6) is 0 Å². The first-order valence-corrected chi connectivity index (χ1v) is 8.52. The number of amides is 1. The van der Waals surface area contributed by atoms with Gasteiger partial charge in [-0.05, 0) is 49.9 Å². The minimum absolute atomic E-state index is 0.0638. The number of piperidine rings is 1. The predicted molar refractivity (Wildman–Crippen MR) is 86.7 cm³/mol. The molecule has 1 aromatic carbocycles. The van der Waals surface area contributed by atoms with Crippen LogP contribution in [0.4, 0.5) is 4.39 Å². The topological polar surface area (TPSA) is 50.4 Å². The van der Waals surface area contributed by atoms with Gasteiger partial charge in [0.05, 0.1) is 5.92 Å². The number of benzene rings is 1. The molecule has 3 rings (SSSR count). The van der Waals surface area contributed by atoms with Gasteiger partial charge in [-0.15, -0.1) is 0 Å². The average Bonchev–Trinajstić information content (AvgIpc) is 2.62. The van der Waals surface area contributed by atoms with E-state index in [9.17, 15) is 9.18 Å². The summed E-state index contributed by atoms with van der Waals surface area (Å²) in [5.74, 6) is -0.0349. The number of ether oxygens (including phenoxy) is 1. The van der Waals surface area contributed by atoms with E-state index in [4.69, 9.17) is 4.74 Å². The molecule has 2 aliphatic heterocycles. The van der Waals surface area contributed by atoms with Crippen molar-refractivity contribution in [1.82, 2.24) is 10.6 Å². The smallest absolute Gasteiger partial charge is 0.224 e. The first kappa shape index (κ1) is 16.4. The summed E-state index contributed by atoms with van der Waals surface area (Å²) < 4.78 is 18.7. The molecule has 0 saturated carbocycles. The molecule has 0 aromatic heterocycles. The molecule has 2 heterocycles. The summed E-state index contributed by atoms with van der Waals surface area (Å²) >= 11 is 0. The Morgan fingerprint density at radius 3 is 2.70 bits per heavy atom. The van der Waals surface area contributed by atoms with Crippen LogP contribution in [-0.2, 0) is 14.9 Å². The third-order valence-corrected chi connectivity index (χ3v) is 5.18. The van der Waals surface area contributed by atoms with Crippen molar-refractivity contribution in [3.8, 4) is 0 Å². The van der Waals surface area contributed by atoms with Crippen molar-refractivity contribution in [2.75, 3.05) is 32.8 Å². The van der Waals surface area contributed by atoms with E-state index in [1.807, 2.05) is 12.1 Å². The number of carbonyl (C=O) groups is 1. The lowest BCUT2D eigenvalue weighted by Gasteiger charge is -2.38. The second kappa shape index (κ2) is 7.41. The van der Waals surface area contributed by atoms with Crippen molar-refractivity contribution in [2.45, 2.75) is 31.1 Å². The van der Waals surface area contributed by atoms with Crippen molar-refractivity contribution in [2.24, 2.45) is 5.92 Å². The fourth-order valence-corrected chi connectivity index (χ4v) is 3.61. The molecule has 0 bridgehead atoms. The van der Waals surface area contributed by atoms with E-state index in [1.54, 1.807) is 0 Å². The molecule has 5 heteroatoms. The second-order valence-electron chi connectivity index (χ2n) is 6.66. The molecule has 0 radical (unpaired) electrons. The van der Waals surface area contributed by atoms with Gasteiger partial charge in [-0.25, -0.2) is 4.39 Å². The number of halogens is 1. The van der Waals surface area contributed by atoms with Crippen LogP contribution in [0.25, 0.3) is 0 Å². The summed E-state index contributed by atoms with van der Waals surface area (Å²) in [5, 5.41) is 6.43. The van der Waals surface area contributed by atoms with Gasteiger partial charge in [0.1, 0.15) is 5.82 Å². The van der Waals surface area contributed by atoms with Crippen molar-refractivity contribution in [3.05, 3.63) is 35.6 Å². The summed E-state index contributed by atoms with van der Waals surface area (Å²) in [6, 6.07) is 6.68. The van der Waals surface area contributed by atoms with Crippen LogP contribution in [0.2, 0.25) is 0 Å². The Morgan fingerprint density at radius 2 is 2.04 bits per heavy atom. The third kappa shape index (κ3) is 3.90. The standard InChI is InChI=1S/C18H25FN2O2/c19-16-5-3-15(4-6-16)18(7-10-23-11-8-18)13-21-17(22)14-2-1-9-20-12-14/h3-6,14,20H,1-2,7-13H2,(H,21,22). The first-order chi connectivity index (χ1) is 11.2. The lowest BCUT2D eigenvalue weighted by Crippen LogP contribution is -2.48. The molecule has 2 N–H and O–H groups in total. The summed E-state index contributed by atoms with van der Waals surface area (Å²) in [6.07, 6.45) is 3.70.